The molecule has 1 aliphatic heterocycles. The minimum atomic E-state index is 0.512. The smallest absolute Gasteiger partial charge is 0.0362 e. The lowest BCUT2D eigenvalue weighted by Gasteiger charge is -2.46. The Morgan fingerprint density at radius 1 is 0.905 bits per heavy atom. The van der Waals surface area contributed by atoms with E-state index in [1.165, 1.54) is 96.7 Å². The van der Waals surface area contributed by atoms with Gasteiger partial charge in [-0.15, -0.1) is 0 Å². The van der Waals surface area contributed by atoms with Gasteiger partial charge in [0.15, 0.2) is 0 Å². The highest BCUT2D eigenvalue weighted by molar-refractivity contribution is 5.04. The van der Waals surface area contributed by atoms with Crippen molar-refractivity contribution in [3.05, 3.63) is 0 Å². The van der Waals surface area contributed by atoms with E-state index >= 15 is 0 Å². The maximum atomic E-state index is 3.96. The van der Waals surface area contributed by atoms with Crippen LogP contribution >= 0.6 is 0 Å². The zero-order valence-corrected chi connectivity index (χ0v) is 14.6. The van der Waals surface area contributed by atoms with Crippen molar-refractivity contribution in [1.29, 1.82) is 0 Å². The molecular weight excluding hydrogens is 256 g/mol. The minimum Gasteiger partial charge on any atom is -0.312 e. The molecule has 2 rings (SSSR count). The molecule has 1 unspecified atom stereocenters. The molecule has 1 saturated heterocycles. The lowest BCUT2D eigenvalue weighted by molar-refractivity contribution is 0.0717. The van der Waals surface area contributed by atoms with Gasteiger partial charge in [0, 0.05) is 11.6 Å². The summed E-state index contributed by atoms with van der Waals surface area (Å²) in [6, 6.07) is 0.745. The zero-order valence-electron chi connectivity index (χ0n) is 14.6. The van der Waals surface area contributed by atoms with Crippen molar-refractivity contribution in [3.8, 4) is 0 Å². The van der Waals surface area contributed by atoms with Gasteiger partial charge in [0.05, 0.1) is 0 Å². The van der Waals surface area contributed by atoms with Crippen molar-refractivity contribution >= 4 is 0 Å². The Balaban J connectivity index is 1.99. The number of nitrogens with zero attached hydrogens (tertiary/aromatic N) is 1. The summed E-state index contributed by atoms with van der Waals surface area (Å²) in [7, 11) is 0. The quantitative estimate of drug-likeness (QED) is 0.586. The van der Waals surface area contributed by atoms with E-state index < -0.39 is 0 Å². The molecule has 0 aromatic rings. The number of rotatable bonds is 10. The third-order valence-electron chi connectivity index (χ3n) is 5.84. The van der Waals surface area contributed by atoms with Crippen molar-refractivity contribution < 1.29 is 0 Å². The average Bonchev–Trinajstić information content (AvgIpc) is 3.18. The second kappa shape index (κ2) is 9.15. The molecular formula is C19H38N2. The molecule has 2 aliphatic rings. The van der Waals surface area contributed by atoms with Gasteiger partial charge in [-0.1, -0.05) is 52.4 Å². The first-order valence-corrected chi connectivity index (χ1v) is 9.82. The lowest BCUT2D eigenvalue weighted by atomic mass is 9.83. The molecule has 0 aromatic heterocycles. The van der Waals surface area contributed by atoms with Gasteiger partial charge in [0.1, 0.15) is 0 Å². The van der Waals surface area contributed by atoms with E-state index in [9.17, 15) is 0 Å². The van der Waals surface area contributed by atoms with Crippen molar-refractivity contribution in [2.24, 2.45) is 0 Å². The largest absolute Gasteiger partial charge is 0.312 e. The van der Waals surface area contributed by atoms with Crippen LogP contribution in [0.2, 0.25) is 0 Å². The Morgan fingerprint density at radius 2 is 1.62 bits per heavy atom. The Kier molecular flexibility index (Phi) is 7.53. The van der Waals surface area contributed by atoms with Crippen LogP contribution in [0.5, 0.6) is 0 Å². The molecule has 1 atom stereocenters. The van der Waals surface area contributed by atoms with E-state index in [2.05, 4.69) is 24.1 Å². The summed E-state index contributed by atoms with van der Waals surface area (Å²) >= 11 is 0. The van der Waals surface area contributed by atoms with Gasteiger partial charge in [0.2, 0.25) is 0 Å². The fraction of sp³-hybridized carbons (Fsp3) is 1.00. The predicted octanol–water partition coefficient (Wildman–Crippen LogP) is 4.73. The Bertz CT molecular complexity index is 265. The summed E-state index contributed by atoms with van der Waals surface area (Å²) in [5.74, 6) is 0. The Morgan fingerprint density at radius 3 is 2.24 bits per heavy atom. The Hall–Kier alpha value is -0.0800. The van der Waals surface area contributed by atoms with Gasteiger partial charge in [-0.05, 0) is 58.2 Å². The number of hydrogen-bond donors (Lipinski definition) is 1. The SMILES string of the molecule is CCCCCCC(NCCC)C1(N2CCCC2)CCCC1. The monoisotopic (exact) mass is 294 g/mol. The minimum absolute atomic E-state index is 0.512. The van der Waals surface area contributed by atoms with Gasteiger partial charge < -0.3 is 5.32 Å². The number of unbranched alkanes of at least 4 members (excludes halogenated alkanes) is 3. The molecule has 1 saturated carbocycles. The summed E-state index contributed by atoms with van der Waals surface area (Å²) in [6.07, 6.45) is 16.9. The van der Waals surface area contributed by atoms with E-state index in [-0.39, 0.29) is 0 Å². The molecule has 21 heavy (non-hydrogen) atoms. The third kappa shape index (κ3) is 4.45. The van der Waals surface area contributed by atoms with Crippen LogP contribution in [0.25, 0.3) is 0 Å². The van der Waals surface area contributed by atoms with Crippen molar-refractivity contribution in [2.45, 2.75) is 102 Å². The van der Waals surface area contributed by atoms with Crippen LogP contribution in [-0.2, 0) is 0 Å². The number of hydrogen-bond acceptors (Lipinski definition) is 2. The second-order valence-electron chi connectivity index (χ2n) is 7.36. The lowest BCUT2D eigenvalue weighted by Crippen LogP contribution is -2.59. The van der Waals surface area contributed by atoms with Crippen LogP contribution in [0.15, 0.2) is 0 Å². The van der Waals surface area contributed by atoms with Gasteiger partial charge in [-0.25, -0.2) is 0 Å². The molecule has 2 fully saturated rings. The topological polar surface area (TPSA) is 15.3 Å². The molecule has 2 heteroatoms. The fourth-order valence-corrected chi connectivity index (χ4v) is 4.69. The van der Waals surface area contributed by atoms with E-state index in [4.69, 9.17) is 0 Å². The second-order valence-corrected chi connectivity index (χ2v) is 7.36. The highest BCUT2D eigenvalue weighted by atomic mass is 15.2. The van der Waals surface area contributed by atoms with Crippen molar-refractivity contribution in [2.75, 3.05) is 19.6 Å². The van der Waals surface area contributed by atoms with Crippen molar-refractivity contribution in [3.63, 3.8) is 0 Å². The Labute approximate surface area is 133 Å². The van der Waals surface area contributed by atoms with Crippen LogP contribution in [0.4, 0.5) is 0 Å². The van der Waals surface area contributed by atoms with E-state index in [1.807, 2.05) is 0 Å². The molecule has 2 nitrogen and oxygen atoms in total. The highest BCUT2D eigenvalue weighted by Gasteiger charge is 2.45. The first-order chi connectivity index (χ1) is 10.3. The molecule has 1 N–H and O–H groups in total. The third-order valence-corrected chi connectivity index (χ3v) is 5.84. The van der Waals surface area contributed by atoms with Crippen LogP contribution in [-0.4, -0.2) is 36.1 Å². The maximum absolute atomic E-state index is 3.96. The average molecular weight is 295 g/mol. The van der Waals surface area contributed by atoms with Crippen molar-refractivity contribution in [1.82, 2.24) is 10.2 Å². The van der Waals surface area contributed by atoms with Gasteiger partial charge >= 0.3 is 0 Å². The molecule has 124 valence electrons. The maximum Gasteiger partial charge on any atom is 0.0362 e. The summed E-state index contributed by atoms with van der Waals surface area (Å²) in [4.78, 5) is 2.88. The number of likely N-dealkylation sites (tertiary alicyclic amines) is 1. The summed E-state index contributed by atoms with van der Waals surface area (Å²) in [5.41, 5.74) is 0.512. The molecule has 0 amide bonds. The molecule has 0 aromatic carbocycles. The summed E-state index contributed by atoms with van der Waals surface area (Å²) in [6.45, 7) is 8.54. The summed E-state index contributed by atoms with van der Waals surface area (Å²) < 4.78 is 0. The van der Waals surface area contributed by atoms with Gasteiger partial charge in [-0.3, -0.25) is 4.90 Å². The van der Waals surface area contributed by atoms with E-state index in [0.29, 0.717) is 5.54 Å². The van der Waals surface area contributed by atoms with E-state index in [0.717, 1.165) is 6.04 Å². The van der Waals surface area contributed by atoms with E-state index in [1.54, 1.807) is 0 Å². The van der Waals surface area contributed by atoms with Crippen LogP contribution in [0, 0.1) is 0 Å². The first-order valence-electron chi connectivity index (χ1n) is 9.82. The standard InChI is InChI=1S/C19H38N2/c1-3-5-6-7-12-18(20-15-4-2)19(13-8-9-14-19)21-16-10-11-17-21/h18,20H,3-17H2,1-2H3. The molecule has 0 spiro atoms. The molecule has 1 heterocycles. The van der Waals surface area contributed by atoms with Crippen LogP contribution < -0.4 is 5.32 Å². The van der Waals surface area contributed by atoms with Crippen LogP contribution in [0.3, 0.4) is 0 Å². The number of nitrogens with one attached hydrogen (secondary N) is 1. The summed E-state index contributed by atoms with van der Waals surface area (Å²) in [5, 5.41) is 3.96. The first kappa shape index (κ1) is 17.3. The van der Waals surface area contributed by atoms with Gasteiger partial charge in [0.25, 0.3) is 0 Å². The van der Waals surface area contributed by atoms with Crippen LogP contribution in [0.1, 0.15) is 90.9 Å². The molecule has 1 aliphatic carbocycles. The van der Waals surface area contributed by atoms with Gasteiger partial charge in [-0.2, -0.15) is 0 Å². The molecule has 0 radical (unpaired) electrons. The zero-order chi connectivity index (χ0) is 15.0. The predicted molar refractivity (Wildman–Crippen MR) is 92.8 cm³/mol. The highest BCUT2D eigenvalue weighted by Crippen LogP contribution is 2.41. The molecule has 0 bridgehead atoms. The normalized spacial score (nSPS) is 23.7. The fourth-order valence-electron chi connectivity index (χ4n) is 4.69.